The smallest absolute Gasteiger partial charge is 0.223 e. The van der Waals surface area contributed by atoms with Gasteiger partial charge in [0, 0.05) is 62.1 Å². The number of morpholine rings is 1. The molecule has 1 amide bonds. The number of aryl methyl sites for hydroxylation is 1. The van der Waals surface area contributed by atoms with Crippen LogP contribution in [0.4, 0.5) is 16.8 Å². The molecule has 0 aliphatic carbocycles. The lowest BCUT2D eigenvalue weighted by Gasteiger charge is -2.33. The van der Waals surface area contributed by atoms with Gasteiger partial charge in [0.25, 0.3) is 0 Å². The highest BCUT2D eigenvalue weighted by Gasteiger charge is 2.24. The van der Waals surface area contributed by atoms with Gasteiger partial charge in [0.1, 0.15) is 11.6 Å². The quantitative estimate of drug-likeness (QED) is 0.562. The van der Waals surface area contributed by atoms with Crippen LogP contribution in [0.2, 0.25) is 0 Å². The fourth-order valence-electron chi connectivity index (χ4n) is 4.13. The zero-order valence-corrected chi connectivity index (χ0v) is 20.1. The molecule has 2 saturated heterocycles. The van der Waals surface area contributed by atoms with E-state index in [1.807, 2.05) is 18.0 Å². The van der Waals surface area contributed by atoms with Crippen molar-refractivity contribution in [2.45, 2.75) is 38.8 Å². The van der Waals surface area contributed by atoms with Crippen molar-refractivity contribution in [3.63, 3.8) is 0 Å². The molecule has 1 atom stereocenters. The van der Waals surface area contributed by atoms with Crippen LogP contribution in [-0.2, 0) is 16.1 Å². The van der Waals surface area contributed by atoms with Crippen LogP contribution in [0.1, 0.15) is 29.7 Å². The molecule has 0 aromatic carbocycles. The summed E-state index contributed by atoms with van der Waals surface area (Å²) in [5.41, 5.74) is 1.19. The lowest BCUT2D eigenvalue weighted by atomic mass is 10.1. The van der Waals surface area contributed by atoms with E-state index in [0.717, 1.165) is 73.9 Å². The minimum Gasteiger partial charge on any atom is -0.379 e. The van der Waals surface area contributed by atoms with Gasteiger partial charge in [-0.05, 0) is 37.5 Å². The number of nitrogens with one attached hydrogen (secondary N) is 2. The number of halogens is 1. The van der Waals surface area contributed by atoms with E-state index >= 15 is 0 Å². The second-order valence-corrected chi connectivity index (χ2v) is 9.91. The number of aromatic nitrogens is 2. The zero-order chi connectivity index (χ0) is 22.3. The number of rotatable bonds is 8. The maximum atomic E-state index is 12.3. The zero-order valence-electron chi connectivity index (χ0n) is 18.5. The first-order valence-electron chi connectivity index (χ1n) is 11.2. The average molecular weight is 479 g/mol. The van der Waals surface area contributed by atoms with Crippen molar-refractivity contribution in [2.24, 2.45) is 0 Å². The topological polar surface area (TPSA) is 82.6 Å². The first-order chi connectivity index (χ1) is 15.6. The Labute approximate surface area is 198 Å². The van der Waals surface area contributed by atoms with Gasteiger partial charge in [-0.1, -0.05) is 0 Å². The number of ether oxygens (including phenoxy) is 1. The van der Waals surface area contributed by atoms with Crippen molar-refractivity contribution in [3.8, 4) is 0 Å². The molecule has 10 heteroatoms. The highest BCUT2D eigenvalue weighted by atomic mass is 35.5. The Kier molecular flexibility index (Phi) is 8.18. The summed E-state index contributed by atoms with van der Waals surface area (Å²) < 4.78 is 5.49. The van der Waals surface area contributed by atoms with Crippen molar-refractivity contribution in [3.05, 3.63) is 28.8 Å². The maximum absolute atomic E-state index is 12.3. The third-order valence-electron chi connectivity index (χ3n) is 5.69. The van der Waals surface area contributed by atoms with Crippen LogP contribution >= 0.6 is 22.9 Å². The number of thiazole rings is 1. The van der Waals surface area contributed by atoms with Crippen LogP contribution in [0.5, 0.6) is 0 Å². The molecule has 0 bridgehead atoms. The fourth-order valence-corrected chi connectivity index (χ4v) is 4.96. The van der Waals surface area contributed by atoms with E-state index in [1.54, 1.807) is 11.3 Å². The fraction of sp³-hybridized carbons (Fsp3) is 0.591. The van der Waals surface area contributed by atoms with Crippen molar-refractivity contribution >= 4 is 45.6 Å². The molecular weight excluding hydrogens is 448 g/mol. The Morgan fingerprint density at radius 3 is 2.84 bits per heavy atom. The van der Waals surface area contributed by atoms with Gasteiger partial charge in [0.2, 0.25) is 5.91 Å². The molecule has 0 unspecified atom stereocenters. The second kappa shape index (κ2) is 11.3. The molecule has 2 aliphatic rings. The molecule has 0 spiro atoms. The molecule has 4 heterocycles. The standard InChI is InChI=1S/C22H31ClN6O2S/c1-16-13-24-22(32-16)27-20-12-17(14-28-7-9-31-10-8-28)11-19(26-20)25-18-3-2-6-29(15-18)21(30)4-5-23/h11-13,18H,2-10,14-15H2,1H3,(H2,24,25,26,27)/t18-/m0/s1. The van der Waals surface area contributed by atoms with E-state index in [0.29, 0.717) is 18.8 Å². The Morgan fingerprint density at radius 1 is 1.28 bits per heavy atom. The van der Waals surface area contributed by atoms with Crippen molar-refractivity contribution < 1.29 is 9.53 Å². The van der Waals surface area contributed by atoms with Crippen LogP contribution in [-0.4, -0.2) is 77.0 Å². The van der Waals surface area contributed by atoms with Gasteiger partial charge in [-0.3, -0.25) is 9.69 Å². The monoisotopic (exact) mass is 478 g/mol. The van der Waals surface area contributed by atoms with Gasteiger partial charge in [-0.25, -0.2) is 9.97 Å². The van der Waals surface area contributed by atoms with Crippen LogP contribution < -0.4 is 10.6 Å². The highest BCUT2D eigenvalue weighted by Crippen LogP contribution is 2.25. The lowest BCUT2D eigenvalue weighted by molar-refractivity contribution is -0.131. The Bertz CT molecular complexity index is 904. The summed E-state index contributed by atoms with van der Waals surface area (Å²) >= 11 is 7.38. The Hall–Kier alpha value is -1.94. The summed E-state index contributed by atoms with van der Waals surface area (Å²) in [6.07, 6.45) is 4.23. The Balaban J connectivity index is 1.49. The van der Waals surface area contributed by atoms with E-state index in [4.69, 9.17) is 21.3 Å². The summed E-state index contributed by atoms with van der Waals surface area (Å²) in [7, 11) is 0. The molecule has 2 fully saturated rings. The maximum Gasteiger partial charge on any atom is 0.223 e. The molecule has 2 aromatic rings. The van der Waals surface area contributed by atoms with E-state index in [1.165, 1.54) is 5.56 Å². The normalized spacial score (nSPS) is 19.7. The molecule has 174 valence electrons. The number of hydrogen-bond acceptors (Lipinski definition) is 8. The summed E-state index contributed by atoms with van der Waals surface area (Å²) in [6, 6.07) is 4.38. The summed E-state index contributed by atoms with van der Waals surface area (Å²) in [4.78, 5) is 27.0. The summed E-state index contributed by atoms with van der Waals surface area (Å²) in [5, 5.41) is 7.77. The average Bonchev–Trinajstić information content (AvgIpc) is 3.19. The number of amides is 1. The molecule has 8 nitrogen and oxygen atoms in total. The number of anilines is 3. The largest absolute Gasteiger partial charge is 0.379 e. The number of carbonyl (C=O) groups excluding carboxylic acids is 1. The number of piperidine rings is 1. The number of pyridine rings is 1. The minimum atomic E-state index is 0.127. The molecule has 0 radical (unpaired) electrons. The first kappa shape index (κ1) is 23.2. The van der Waals surface area contributed by atoms with Crippen LogP contribution in [0.15, 0.2) is 18.3 Å². The van der Waals surface area contributed by atoms with E-state index in [9.17, 15) is 4.79 Å². The second-order valence-electron chi connectivity index (χ2n) is 8.30. The number of carbonyl (C=O) groups is 1. The summed E-state index contributed by atoms with van der Waals surface area (Å²) in [5.74, 6) is 2.09. The number of likely N-dealkylation sites (tertiary alicyclic amines) is 1. The van der Waals surface area contributed by atoms with Crippen LogP contribution in [0.25, 0.3) is 0 Å². The van der Waals surface area contributed by atoms with Crippen molar-refractivity contribution in [1.82, 2.24) is 19.8 Å². The highest BCUT2D eigenvalue weighted by molar-refractivity contribution is 7.15. The SMILES string of the molecule is Cc1cnc(Nc2cc(CN3CCOCC3)cc(N[C@H]3CCCN(C(=O)CCCl)C3)n2)s1. The Morgan fingerprint density at radius 2 is 2.09 bits per heavy atom. The van der Waals surface area contributed by atoms with E-state index in [-0.39, 0.29) is 11.9 Å². The molecule has 32 heavy (non-hydrogen) atoms. The van der Waals surface area contributed by atoms with Gasteiger partial charge < -0.3 is 20.3 Å². The number of alkyl halides is 1. The van der Waals surface area contributed by atoms with Crippen molar-refractivity contribution in [2.75, 3.05) is 55.9 Å². The molecule has 2 aromatic heterocycles. The predicted octanol–water partition coefficient (Wildman–Crippen LogP) is 3.45. The van der Waals surface area contributed by atoms with Gasteiger partial charge in [0.15, 0.2) is 5.13 Å². The van der Waals surface area contributed by atoms with E-state index < -0.39 is 0 Å². The number of hydrogen-bond donors (Lipinski definition) is 2. The molecule has 0 saturated carbocycles. The van der Waals surface area contributed by atoms with Gasteiger partial charge in [-0.2, -0.15) is 0 Å². The van der Waals surface area contributed by atoms with Crippen molar-refractivity contribution in [1.29, 1.82) is 0 Å². The minimum absolute atomic E-state index is 0.127. The van der Waals surface area contributed by atoms with Gasteiger partial charge in [0.05, 0.1) is 13.2 Å². The third kappa shape index (κ3) is 6.54. The number of nitrogens with zero attached hydrogens (tertiary/aromatic N) is 4. The predicted molar refractivity (Wildman–Crippen MR) is 129 cm³/mol. The lowest BCUT2D eigenvalue weighted by Crippen LogP contribution is -2.45. The van der Waals surface area contributed by atoms with Gasteiger partial charge in [-0.15, -0.1) is 22.9 Å². The summed E-state index contributed by atoms with van der Waals surface area (Å²) in [6.45, 7) is 7.77. The molecule has 4 rings (SSSR count). The molecular formula is C22H31ClN6O2S. The molecule has 2 N–H and O–H groups in total. The first-order valence-corrected chi connectivity index (χ1v) is 12.5. The molecule has 2 aliphatic heterocycles. The van der Waals surface area contributed by atoms with Crippen LogP contribution in [0.3, 0.4) is 0 Å². The van der Waals surface area contributed by atoms with Gasteiger partial charge >= 0.3 is 0 Å². The van der Waals surface area contributed by atoms with Crippen LogP contribution in [0, 0.1) is 6.92 Å². The van der Waals surface area contributed by atoms with E-state index in [2.05, 4.69) is 32.7 Å². The third-order valence-corrected chi connectivity index (χ3v) is 6.70.